The lowest BCUT2D eigenvalue weighted by Gasteiger charge is -2.15. The summed E-state index contributed by atoms with van der Waals surface area (Å²) >= 11 is 0. The molecule has 0 fully saturated rings. The number of hydrogen-bond acceptors (Lipinski definition) is 2. The number of amides is 1. The first-order chi connectivity index (χ1) is 6.59. The van der Waals surface area contributed by atoms with Crippen molar-refractivity contribution in [1.29, 1.82) is 0 Å². The minimum absolute atomic E-state index is 0.112. The SMILES string of the molecule is CCCNCCNC(=O)C(C)C(C)C. The average molecular weight is 200 g/mol. The summed E-state index contributed by atoms with van der Waals surface area (Å²) in [4.78, 5) is 11.5. The maximum absolute atomic E-state index is 11.5. The van der Waals surface area contributed by atoms with Crippen molar-refractivity contribution in [3.05, 3.63) is 0 Å². The van der Waals surface area contributed by atoms with Gasteiger partial charge in [-0.25, -0.2) is 0 Å². The van der Waals surface area contributed by atoms with Crippen LogP contribution in [-0.4, -0.2) is 25.5 Å². The van der Waals surface area contributed by atoms with Crippen molar-refractivity contribution in [2.24, 2.45) is 11.8 Å². The van der Waals surface area contributed by atoms with Crippen molar-refractivity contribution in [3.8, 4) is 0 Å². The average Bonchev–Trinajstić information content (AvgIpc) is 2.16. The van der Waals surface area contributed by atoms with Gasteiger partial charge in [0.2, 0.25) is 5.91 Å². The Labute approximate surface area is 87.6 Å². The van der Waals surface area contributed by atoms with Crippen LogP contribution in [0.5, 0.6) is 0 Å². The van der Waals surface area contributed by atoms with Crippen LogP contribution in [0.1, 0.15) is 34.1 Å². The van der Waals surface area contributed by atoms with Crippen LogP contribution in [0.3, 0.4) is 0 Å². The lowest BCUT2D eigenvalue weighted by molar-refractivity contribution is -0.125. The van der Waals surface area contributed by atoms with Crippen LogP contribution in [0.2, 0.25) is 0 Å². The van der Waals surface area contributed by atoms with Gasteiger partial charge < -0.3 is 10.6 Å². The van der Waals surface area contributed by atoms with Crippen molar-refractivity contribution in [2.75, 3.05) is 19.6 Å². The van der Waals surface area contributed by atoms with E-state index in [9.17, 15) is 4.79 Å². The molecule has 0 heterocycles. The predicted molar refractivity (Wildman–Crippen MR) is 60.2 cm³/mol. The second-order valence-corrected chi connectivity index (χ2v) is 4.07. The molecule has 3 nitrogen and oxygen atoms in total. The minimum atomic E-state index is 0.112. The van der Waals surface area contributed by atoms with Gasteiger partial charge in [0, 0.05) is 19.0 Å². The monoisotopic (exact) mass is 200 g/mol. The van der Waals surface area contributed by atoms with Crippen molar-refractivity contribution < 1.29 is 4.79 Å². The molecule has 14 heavy (non-hydrogen) atoms. The van der Waals surface area contributed by atoms with Gasteiger partial charge in [-0.2, -0.15) is 0 Å². The first-order valence-electron chi connectivity index (χ1n) is 5.58. The normalized spacial score (nSPS) is 12.9. The molecule has 2 N–H and O–H groups in total. The smallest absolute Gasteiger partial charge is 0.223 e. The van der Waals surface area contributed by atoms with Crippen LogP contribution in [0.4, 0.5) is 0 Å². The zero-order valence-electron chi connectivity index (χ0n) is 9.89. The molecule has 0 spiro atoms. The van der Waals surface area contributed by atoms with Crippen LogP contribution in [0.15, 0.2) is 0 Å². The third-order valence-electron chi connectivity index (χ3n) is 2.44. The first-order valence-corrected chi connectivity index (χ1v) is 5.58. The second-order valence-electron chi connectivity index (χ2n) is 4.07. The van der Waals surface area contributed by atoms with E-state index in [1.165, 1.54) is 0 Å². The molecule has 0 saturated carbocycles. The standard InChI is InChI=1S/C11H24N2O/c1-5-6-12-7-8-13-11(14)10(4)9(2)3/h9-10,12H,5-8H2,1-4H3,(H,13,14). The van der Waals surface area contributed by atoms with E-state index in [1.807, 2.05) is 6.92 Å². The van der Waals surface area contributed by atoms with Crippen LogP contribution in [0, 0.1) is 11.8 Å². The van der Waals surface area contributed by atoms with Crippen LogP contribution < -0.4 is 10.6 Å². The maximum atomic E-state index is 11.5. The fourth-order valence-electron chi connectivity index (χ4n) is 1.04. The number of carbonyl (C=O) groups excluding carboxylic acids is 1. The number of hydrogen-bond donors (Lipinski definition) is 2. The summed E-state index contributed by atoms with van der Waals surface area (Å²) in [6.07, 6.45) is 1.14. The van der Waals surface area contributed by atoms with Crippen LogP contribution in [-0.2, 0) is 4.79 Å². The molecule has 0 bridgehead atoms. The number of carbonyl (C=O) groups is 1. The number of nitrogens with one attached hydrogen (secondary N) is 2. The molecule has 3 heteroatoms. The summed E-state index contributed by atoms with van der Waals surface area (Å²) in [7, 11) is 0. The zero-order valence-corrected chi connectivity index (χ0v) is 9.89. The summed E-state index contributed by atoms with van der Waals surface area (Å²) in [5.74, 6) is 0.693. The van der Waals surface area contributed by atoms with Gasteiger partial charge in [0.1, 0.15) is 0 Å². The Hall–Kier alpha value is -0.570. The molecule has 84 valence electrons. The molecule has 1 unspecified atom stereocenters. The highest BCUT2D eigenvalue weighted by Gasteiger charge is 2.15. The summed E-state index contributed by atoms with van der Waals surface area (Å²) < 4.78 is 0. The van der Waals surface area contributed by atoms with E-state index in [0.717, 1.165) is 26.1 Å². The summed E-state index contributed by atoms with van der Waals surface area (Å²) in [5.41, 5.74) is 0. The van der Waals surface area contributed by atoms with Crippen LogP contribution >= 0.6 is 0 Å². The van der Waals surface area contributed by atoms with Gasteiger partial charge in [-0.3, -0.25) is 4.79 Å². The van der Waals surface area contributed by atoms with Crippen molar-refractivity contribution >= 4 is 5.91 Å². The minimum Gasteiger partial charge on any atom is -0.355 e. The molecule has 1 amide bonds. The van der Waals surface area contributed by atoms with Gasteiger partial charge in [0.15, 0.2) is 0 Å². The molecular formula is C11H24N2O. The van der Waals surface area contributed by atoms with E-state index in [1.54, 1.807) is 0 Å². The molecule has 0 saturated heterocycles. The fraction of sp³-hybridized carbons (Fsp3) is 0.909. The molecule has 0 aromatic carbocycles. The van der Waals surface area contributed by atoms with Crippen molar-refractivity contribution in [2.45, 2.75) is 34.1 Å². The van der Waals surface area contributed by atoms with E-state index < -0.39 is 0 Å². The predicted octanol–water partition coefficient (Wildman–Crippen LogP) is 1.39. The zero-order chi connectivity index (χ0) is 11.0. The quantitative estimate of drug-likeness (QED) is 0.610. The summed E-state index contributed by atoms with van der Waals surface area (Å²) in [6.45, 7) is 10.9. The van der Waals surface area contributed by atoms with E-state index in [2.05, 4.69) is 31.4 Å². The van der Waals surface area contributed by atoms with Gasteiger partial charge in [0.05, 0.1) is 0 Å². The molecule has 1 atom stereocenters. The Morgan fingerprint density at radius 1 is 1.14 bits per heavy atom. The van der Waals surface area contributed by atoms with Gasteiger partial charge in [-0.15, -0.1) is 0 Å². The third-order valence-corrected chi connectivity index (χ3v) is 2.44. The molecule has 0 aromatic heterocycles. The largest absolute Gasteiger partial charge is 0.355 e. The van der Waals surface area contributed by atoms with Gasteiger partial charge in [0.25, 0.3) is 0 Å². The lowest BCUT2D eigenvalue weighted by Crippen LogP contribution is -2.36. The Balaban J connectivity index is 3.44. The first kappa shape index (κ1) is 13.4. The molecule has 0 aliphatic carbocycles. The Bertz CT molecular complexity index is 157. The van der Waals surface area contributed by atoms with Gasteiger partial charge >= 0.3 is 0 Å². The van der Waals surface area contributed by atoms with Gasteiger partial charge in [-0.1, -0.05) is 27.7 Å². The Morgan fingerprint density at radius 2 is 1.79 bits per heavy atom. The molecular weight excluding hydrogens is 176 g/mol. The summed E-state index contributed by atoms with van der Waals surface area (Å²) in [6, 6.07) is 0. The van der Waals surface area contributed by atoms with E-state index >= 15 is 0 Å². The molecule has 0 radical (unpaired) electrons. The third kappa shape index (κ3) is 5.97. The molecule has 0 rings (SSSR count). The highest BCUT2D eigenvalue weighted by atomic mass is 16.1. The molecule has 0 aliphatic rings. The lowest BCUT2D eigenvalue weighted by atomic mass is 9.97. The van der Waals surface area contributed by atoms with Crippen LogP contribution in [0.25, 0.3) is 0 Å². The topological polar surface area (TPSA) is 41.1 Å². The van der Waals surface area contributed by atoms with E-state index in [0.29, 0.717) is 5.92 Å². The van der Waals surface area contributed by atoms with Crippen molar-refractivity contribution in [1.82, 2.24) is 10.6 Å². The molecule has 0 aliphatic heterocycles. The Kier molecular flexibility index (Phi) is 7.48. The highest BCUT2D eigenvalue weighted by molar-refractivity contribution is 5.78. The van der Waals surface area contributed by atoms with E-state index in [4.69, 9.17) is 0 Å². The summed E-state index contributed by atoms with van der Waals surface area (Å²) in [5, 5.41) is 6.17. The molecule has 0 aromatic rings. The highest BCUT2D eigenvalue weighted by Crippen LogP contribution is 2.08. The number of rotatable bonds is 7. The fourth-order valence-corrected chi connectivity index (χ4v) is 1.04. The van der Waals surface area contributed by atoms with Crippen molar-refractivity contribution in [3.63, 3.8) is 0 Å². The Morgan fingerprint density at radius 3 is 2.29 bits per heavy atom. The maximum Gasteiger partial charge on any atom is 0.223 e. The van der Waals surface area contributed by atoms with Gasteiger partial charge in [-0.05, 0) is 18.9 Å². The second kappa shape index (κ2) is 7.80. The van der Waals surface area contributed by atoms with E-state index in [-0.39, 0.29) is 11.8 Å².